The number of alkyl halides is 3. The lowest BCUT2D eigenvalue weighted by Crippen LogP contribution is -2.31. The van der Waals surface area contributed by atoms with Gasteiger partial charge in [0.2, 0.25) is 10.0 Å². The number of nitrogens with two attached hydrogens (primary N) is 1. The van der Waals surface area contributed by atoms with Crippen LogP contribution >= 0.6 is 11.3 Å². The van der Waals surface area contributed by atoms with Crippen LogP contribution < -0.4 is 10.0 Å². The second-order valence-corrected chi connectivity index (χ2v) is 9.06. The number of fused-ring (bicyclic) bond motifs is 2. The molecule has 0 aliphatic carbocycles. The largest absolute Gasteiger partial charge is 0.453 e. The molecule has 0 atom stereocenters. The summed E-state index contributed by atoms with van der Waals surface area (Å²) in [6.07, 6.45) is -4.13. The van der Waals surface area contributed by atoms with Gasteiger partial charge in [-0.1, -0.05) is 0 Å². The highest BCUT2D eigenvalue weighted by Crippen LogP contribution is 2.33. The molecule has 2 N–H and O–H groups in total. The fraction of sp³-hybridized carbons (Fsp3) is 0.357. The first-order valence-corrected chi connectivity index (χ1v) is 10.1. The van der Waals surface area contributed by atoms with Crippen LogP contribution in [0.25, 0.3) is 5.78 Å². The Morgan fingerprint density at radius 3 is 2.67 bits per heavy atom. The molecule has 0 saturated heterocycles. The zero-order chi connectivity index (χ0) is 19.6. The molecular weight excluding hydrogens is 405 g/mol. The highest BCUT2D eigenvalue weighted by molar-refractivity contribution is 7.91. The van der Waals surface area contributed by atoms with Crippen LogP contribution in [0.3, 0.4) is 0 Å². The molecule has 0 amide bonds. The number of halogens is 3. The fourth-order valence-electron chi connectivity index (χ4n) is 2.95. The third-order valence-corrected chi connectivity index (χ3v) is 6.78. The van der Waals surface area contributed by atoms with E-state index in [0.717, 1.165) is 26.3 Å². The summed E-state index contributed by atoms with van der Waals surface area (Å²) in [6.45, 7) is 2.46. The number of rotatable bonds is 2. The number of nitrogens with zero attached hydrogens (tertiary/aromatic N) is 5. The Balaban J connectivity index is 1.77. The van der Waals surface area contributed by atoms with Gasteiger partial charge in [-0.15, -0.1) is 16.4 Å². The molecule has 144 valence electrons. The molecule has 0 unspecified atom stereocenters. The molecule has 1 aliphatic heterocycles. The monoisotopic (exact) mass is 418 g/mol. The van der Waals surface area contributed by atoms with E-state index < -0.39 is 22.0 Å². The fourth-order valence-corrected chi connectivity index (χ4v) is 4.92. The van der Waals surface area contributed by atoms with Gasteiger partial charge in [0, 0.05) is 29.7 Å². The summed E-state index contributed by atoms with van der Waals surface area (Å²) in [5.41, 5.74) is 1.27. The molecule has 0 bridgehead atoms. The smallest absolute Gasteiger partial charge is 0.352 e. The number of aryl methyl sites for hydroxylation is 1. The first kappa shape index (κ1) is 18.1. The van der Waals surface area contributed by atoms with E-state index >= 15 is 0 Å². The molecule has 3 aromatic rings. The van der Waals surface area contributed by atoms with Crippen LogP contribution in [0.1, 0.15) is 22.0 Å². The van der Waals surface area contributed by atoms with E-state index in [2.05, 4.69) is 15.1 Å². The predicted octanol–water partition coefficient (Wildman–Crippen LogP) is 1.72. The molecule has 8 nitrogen and oxygen atoms in total. The van der Waals surface area contributed by atoms with Crippen molar-refractivity contribution < 1.29 is 21.6 Å². The van der Waals surface area contributed by atoms with Crippen molar-refractivity contribution >= 4 is 33.0 Å². The van der Waals surface area contributed by atoms with Crippen molar-refractivity contribution in [1.29, 1.82) is 0 Å². The van der Waals surface area contributed by atoms with Crippen LogP contribution in [0.5, 0.6) is 0 Å². The van der Waals surface area contributed by atoms with Gasteiger partial charge in [-0.05, 0) is 25.0 Å². The molecule has 0 fully saturated rings. The number of sulfonamides is 1. The molecule has 0 spiro atoms. The maximum absolute atomic E-state index is 13.0. The molecular formula is C14H13F3N6O2S2. The van der Waals surface area contributed by atoms with Gasteiger partial charge >= 0.3 is 6.18 Å². The normalized spacial score (nSPS) is 15.4. The van der Waals surface area contributed by atoms with E-state index in [0.29, 0.717) is 31.0 Å². The number of thiophene rings is 1. The standard InChI is InChI=1S/C14H13F3N6O2S2/c1-7-4-10(23-13(19-7)20-12(21-23)14(15,16)17)22-3-2-9-8(6-22)5-11(26-9)27(18,24)25/h4-5H,2-3,6H2,1H3,(H2,18,24,25). The molecule has 1 aliphatic rings. The van der Waals surface area contributed by atoms with E-state index in [1.54, 1.807) is 13.0 Å². The van der Waals surface area contributed by atoms with Gasteiger partial charge < -0.3 is 4.90 Å². The van der Waals surface area contributed by atoms with Gasteiger partial charge in [-0.3, -0.25) is 0 Å². The van der Waals surface area contributed by atoms with Crippen molar-refractivity contribution in [3.05, 3.63) is 34.1 Å². The summed E-state index contributed by atoms with van der Waals surface area (Å²) in [7, 11) is -3.80. The van der Waals surface area contributed by atoms with E-state index in [9.17, 15) is 21.6 Å². The average molecular weight is 418 g/mol. The van der Waals surface area contributed by atoms with Crippen molar-refractivity contribution in [2.24, 2.45) is 5.14 Å². The number of aromatic nitrogens is 4. The van der Waals surface area contributed by atoms with Crippen molar-refractivity contribution in [3.63, 3.8) is 0 Å². The Kier molecular flexibility index (Phi) is 3.94. The van der Waals surface area contributed by atoms with Gasteiger partial charge in [0.1, 0.15) is 10.0 Å². The van der Waals surface area contributed by atoms with Gasteiger partial charge in [-0.2, -0.15) is 22.7 Å². The number of hydrogen-bond acceptors (Lipinski definition) is 7. The van der Waals surface area contributed by atoms with Crippen LogP contribution in [-0.4, -0.2) is 34.5 Å². The van der Waals surface area contributed by atoms with Crippen molar-refractivity contribution in [2.45, 2.75) is 30.3 Å². The Morgan fingerprint density at radius 1 is 1.26 bits per heavy atom. The number of anilines is 1. The Bertz CT molecular complexity index is 1150. The summed E-state index contributed by atoms with van der Waals surface area (Å²) in [5.74, 6) is -0.986. The predicted molar refractivity (Wildman–Crippen MR) is 91.0 cm³/mol. The molecule has 3 aromatic heterocycles. The zero-order valence-electron chi connectivity index (χ0n) is 13.9. The zero-order valence-corrected chi connectivity index (χ0v) is 15.5. The molecule has 4 rings (SSSR count). The minimum absolute atomic E-state index is 0.0746. The van der Waals surface area contributed by atoms with E-state index in [4.69, 9.17) is 5.14 Å². The van der Waals surface area contributed by atoms with E-state index in [1.807, 2.05) is 4.90 Å². The maximum Gasteiger partial charge on any atom is 0.453 e. The van der Waals surface area contributed by atoms with Crippen LogP contribution in [0.15, 0.2) is 16.3 Å². The van der Waals surface area contributed by atoms with Crippen molar-refractivity contribution in [1.82, 2.24) is 19.6 Å². The third kappa shape index (κ3) is 3.26. The summed E-state index contributed by atoms with van der Waals surface area (Å²) in [4.78, 5) is 10.2. The molecule has 4 heterocycles. The summed E-state index contributed by atoms with van der Waals surface area (Å²) in [6, 6.07) is 3.13. The number of primary sulfonamides is 1. The molecule has 0 aromatic carbocycles. The lowest BCUT2D eigenvalue weighted by molar-refractivity contribution is -0.144. The van der Waals surface area contributed by atoms with E-state index in [1.165, 1.54) is 6.07 Å². The lowest BCUT2D eigenvalue weighted by atomic mass is 10.1. The average Bonchev–Trinajstić information content (AvgIpc) is 3.16. The highest BCUT2D eigenvalue weighted by Gasteiger charge is 2.37. The SMILES string of the molecule is Cc1cc(N2CCc3sc(S(N)(=O)=O)cc3C2)n2nc(C(F)(F)F)nc2n1. The highest BCUT2D eigenvalue weighted by atomic mass is 32.2. The second kappa shape index (κ2) is 5.87. The topological polar surface area (TPSA) is 106 Å². The van der Waals surface area contributed by atoms with Gasteiger partial charge in [-0.25, -0.2) is 18.5 Å². The minimum Gasteiger partial charge on any atom is -0.352 e. The molecule has 0 saturated carbocycles. The number of hydrogen-bond donors (Lipinski definition) is 1. The van der Waals surface area contributed by atoms with Gasteiger partial charge in [0.25, 0.3) is 11.6 Å². The summed E-state index contributed by atoms with van der Waals surface area (Å²) >= 11 is 1.12. The van der Waals surface area contributed by atoms with Crippen LogP contribution in [0, 0.1) is 6.92 Å². The first-order valence-electron chi connectivity index (χ1n) is 7.73. The minimum atomic E-state index is -4.67. The van der Waals surface area contributed by atoms with Gasteiger partial charge in [0.15, 0.2) is 0 Å². The Labute approximate surface area is 155 Å². The summed E-state index contributed by atoms with van der Waals surface area (Å²) < 4.78 is 63.1. The molecule has 27 heavy (non-hydrogen) atoms. The first-order chi connectivity index (χ1) is 12.5. The maximum atomic E-state index is 13.0. The van der Waals surface area contributed by atoms with Crippen molar-refractivity contribution in [2.75, 3.05) is 11.4 Å². The summed E-state index contributed by atoms with van der Waals surface area (Å²) in [5, 5.41) is 8.75. The molecule has 0 radical (unpaired) electrons. The van der Waals surface area contributed by atoms with Gasteiger partial charge in [0.05, 0.1) is 0 Å². The second-order valence-electron chi connectivity index (χ2n) is 6.13. The lowest BCUT2D eigenvalue weighted by Gasteiger charge is -2.28. The van der Waals surface area contributed by atoms with Crippen LogP contribution in [-0.2, 0) is 29.2 Å². The Morgan fingerprint density at radius 2 is 2.00 bits per heavy atom. The molecule has 13 heteroatoms. The quantitative estimate of drug-likeness (QED) is 0.679. The van der Waals surface area contributed by atoms with Crippen LogP contribution in [0.2, 0.25) is 0 Å². The van der Waals surface area contributed by atoms with E-state index in [-0.39, 0.29) is 9.99 Å². The van der Waals surface area contributed by atoms with Crippen LogP contribution in [0.4, 0.5) is 19.0 Å². The third-order valence-electron chi connectivity index (χ3n) is 4.12. The van der Waals surface area contributed by atoms with Crippen molar-refractivity contribution in [3.8, 4) is 0 Å². The Hall–Kier alpha value is -2.25.